The van der Waals surface area contributed by atoms with Gasteiger partial charge < -0.3 is 5.32 Å². The Morgan fingerprint density at radius 3 is 2.71 bits per heavy atom. The molecule has 0 atom stereocenters. The SMILES string of the molecule is CCCc1nc(CSc2ccc(C)cc2)nc2c1CNC2. The van der Waals surface area contributed by atoms with Crippen LogP contribution in [0.15, 0.2) is 29.2 Å². The molecule has 4 heteroatoms. The quantitative estimate of drug-likeness (QED) is 0.856. The third-order valence-electron chi connectivity index (χ3n) is 3.69. The number of nitrogens with zero attached hydrogens (tertiary/aromatic N) is 2. The molecular formula is C17H21N3S. The average molecular weight is 299 g/mol. The van der Waals surface area contributed by atoms with Crippen LogP contribution in [0.25, 0.3) is 0 Å². The molecule has 1 aromatic carbocycles. The molecule has 21 heavy (non-hydrogen) atoms. The highest BCUT2D eigenvalue weighted by molar-refractivity contribution is 7.98. The molecule has 0 saturated carbocycles. The number of aromatic nitrogens is 2. The van der Waals surface area contributed by atoms with Gasteiger partial charge in [-0.1, -0.05) is 31.0 Å². The maximum Gasteiger partial charge on any atom is 0.139 e. The topological polar surface area (TPSA) is 37.8 Å². The fraction of sp³-hybridized carbons (Fsp3) is 0.412. The molecule has 1 aliphatic heterocycles. The largest absolute Gasteiger partial charge is 0.307 e. The molecule has 2 heterocycles. The molecule has 1 aliphatic rings. The first-order valence-electron chi connectivity index (χ1n) is 7.54. The van der Waals surface area contributed by atoms with Crippen LogP contribution in [0.5, 0.6) is 0 Å². The molecule has 2 aromatic rings. The summed E-state index contributed by atoms with van der Waals surface area (Å²) in [4.78, 5) is 10.8. The van der Waals surface area contributed by atoms with Crippen LogP contribution in [-0.4, -0.2) is 9.97 Å². The van der Waals surface area contributed by atoms with E-state index in [1.807, 2.05) is 11.8 Å². The minimum Gasteiger partial charge on any atom is -0.307 e. The average Bonchev–Trinajstić information content (AvgIpc) is 2.96. The highest BCUT2D eigenvalue weighted by Crippen LogP contribution is 2.24. The maximum absolute atomic E-state index is 4.79. The van der Waals surface area contributed by atoms with Gasteiger partial charge in [0, 0.05) is 29.2 Å². The molecule has 1 N–H and O–H groups in total. The van der Waals surface area contributed by atoms with Crippen molar-refractivity contribution in [2.75, 3.05) is 0 Å². The normalized spacial score (nSPS) is 13.4. The van der Waals surface area contributed by atoms with E-state index in [4.69, 9.17) is 9.97 Å². The summed E-state index contributed by atoms with van der Waals surface area (Å²) in [5.74, 6) is 1.80. The van der Waals surface area contributed by atoms with E-state index in [1.54, 1.807) is 0 Å². The van der Waals surface area contributed by atoms with Gasteiger partial charge in [0.25, 0.3) is 0 Å². The zero-order valence-corrected chi connectivity index (χ0v) is 13.5. The van der Waals surface area contributed by atoms with Gasteiger partial charge in [-0.05, 0) is 25.5 Å². The molecule has 0 radical (unpaired) electrons. The molecule has 0 fully saturated rings. The van der Waals surface area contributed by atoms with Gasteiger partial charge in [0.2, 0.25) is 0 Å². The molecule has 0 unspecified atom stereocenters. The molecule has 0 aliphatic carbocycles. The maximum atomic E-state index is 4.79. The van der Waals surface area contributed by atoms with Crippen LogP contribution in [-0.2, 0) is 25.3 Å². The first kappa shape index (κ1) is 14.5. The van der Waals surface area contributed by atoms with Gasteiger partial charge in [0.05, 0.1) is 11.4 Å². The lowest BCUT2D eigenvalue weighted by Crippen LogP contribution is -2.05. The van der Waals surface area contributed by atoms with E-state index in [9.17, 15) is 0 Å². The fourth-order valence-corrected chi connectivity index (χ4v) is 3.34. The molecule has 1 aromatic heterocycles. The summed E-state index contributed by atoms with van der Waals surface area (Å²) in [7, 11) is 0. The molecule has 3 rings (SSSR count). The van der Waals surface area contributed by atoms with Gasteiger partial charge in [-0.3, -0.25) is 0 Å². The van der Waals surface area contributed by atoms with Crippen molar-refractivity contribution in [1.29, 1.82) is 0 Å². The zero-order chi connectivity index (χ0) is 14.7. The lowest BCUT2D eigenvalue weighted by Gasteiger charge is -2.09. The first-order chi connectivity index (χ1) is 10.3. The summed E-state index contributed by atoms with van der Waals surface area (Å²) in [5, 5.41) is 3.38. The van der Waals surface area contributed by atoms with Crippen LogP contribution < -0.4 is 5.32 Å². The minimum absolute atomic E-state index is 0.840. The summed E-state index contributed by atoms with van der Waals surface area (Å²) in [5.41, 5.74) is 5.07. The van der Waals surface area contributed by atoms with Gasteiger partial charge in [-0.15, -0.1) is 11.8 Å². The number of fused-ring (bicyclic) bond motifs is 1. The van der Waals surface area contributed by atoms with E-state index in [0.29, 0.717) is 0 Å². The second kappa shape index (κ2) is 6.58. The molecule has 0 saturated heterocycles. The fourth-order valence-electron chi connectivity index (χ4n) is 2.58. The predicted molar refractivity (Wildman–Crippen MR) is 87.3 cm³/mol. The lowest BCUT2D eigenvalue weighted by atomic mass is 10.1. The lowest BCUT2D eigenvalue weighted by molar-refractivity contribution is 0.753. The van der Waals surface area contributed by atoms with Crippen LogP contribution >= 0.6 is 11.8 Å². The van der Waals surface area contributed by atoms with Crippen molar-refractivity contribution >= 4 is 11.8 Å². The van der Waals surface area contributed by atoms with Crippen molar-refractivity contribution in [3.8, 4) is 0 Å². The third-order valence-corrected chi connectivity index (χ3v) is 4.70. The molecular weight excluding hydrogens is 278 g/mol. The van der Waals surface area contributed by atoms with Crippen LogP contribution in [0.3, 0.4) is 0 Å². The summed E-state index contributed by atoms with van der Waals surface area (Å²) in [6.45, 7) is 6.13. The van der Waals surface area contributed by atoms with Crippen molar-refractivity contribution in [2.24, 2.45) is 0 Å². The number of rotatable bonds is 5. The summed E-state index contributed by atoms with van der Waals surface area (Å²) >= 11 is 1.81. The van der Waals surface area contributed by atoms with Crippen LogP contribution in [0.1, 0.15) is 41.7 Å². The number of nitrogens with one attached hydrogen (secondary N) is 1. The Kier molecular flexibility index (Phi) is 4.56. The summed E-state index contributed by atoms with van der Waals surface area (Å²) < 4.78 is 0. The van der Waals surface area contributed by atoms with E-state index in [2.05, 4.69) is 43.4 Å². The first-order valence-corrected chi connectivity index (χ1v) is 8.52. The number of benzene rings is 1. The van der Waals surface area contributed by atoms with Gasteiger partial charge in [0.1, 0.15) is 5.82 Å². The Hall–Kier alpha value is -1.39. The number of hydrogen-bond acceptors (Lipinski definition) is 4. The molecule has 0 spiro atoms. The summed E-state index contributed by atoms with van der Waals surface area (Å²) in [6, 6.07) is 8.64. The second-order valence-electron chi connectivity index (χ2n) is 5.47. The van der Waals surface area contributed by atoms with Crippen LogP contribution in [0.2, 0.25) is 0 Å². The van der Waals surface area contributed by atoms with Crippen molar-refractivity contribution in [3.05, 3.63) is 52.6 Å². The van der Waals surface area contributed by atoms with E-state index in [-0.39, 0.29) is 0 Å². The van der Waals surface area contributed by atoms with E-state index in [1.165, 1.54) is 27.4 Å². The third kappa shape index (κ3) is 3.44. The Balaban J connectivity index is 1.76. The number of thioether (sulfide) groups is 1. The van der Waals surface area contributed by atoms with E-state index >= 15 is 0 Å². The van der Waals surface area contributed by atoms with Crippen molar-refractivity contribution < 1.29 is 0 Å². The van der Waals surface area contributed by atoms with E-state index < -0.39 is 0 Å². The Morgan fingerprint density at radius 1 is 1.14 bits per heavy atom. The summed E-state index contributed by atoms with van der Waals surface area (Å²) in [6.07, 6.45) is 2.18. The Morgan fingerprint density at radius 2 is 1.95 bits per heavy atom. The molecule has 0 bridgehead atoms. The Labute approximate surface area is 130 Å². The number of hydrogen-bond donors (Lipinski definition) is 1. The van der Waals surface area contributed by atoms with Gasteiger partial charge in [0.15, 0.2) is 0 Å². The van der Waals surface area contributed by atoms with Crippen molar-refractivity contribution in [2.45, 2.75) is 50.4 Å². The van der Waals surface area contributed by atoms with Gasteiger partial charge in [-0.2, -0.15) is 0 Å². The Bertz CT molecular complexity index is 623. The molecule has 3 nitrogen and oxygen atoms in total. The minimum atomic E-state index is 0.840. The predicted octanol–water partition coefficient (Wildman–Crippen LogP) is 3.63. The van der Waals surface area contributed by atoms with Crippen molar-refractivity contribution in [1.82, 2.24) is 15.3 Å². The highest BCUT2D eigenvalue weighted by atomic mass is 32.2. The van der Waals surface area contributed by atoms with Crippen molar-refractivity contribution in [3.63, 3.8) is 0 Å². The second-order valence-corrected chi connectivity index (χ2v) is 6.52. The highest BCUT2D eigenvalue weighted by Gasteiger charge is 2.18. The van der Waals surface area contributed by atoms with Crippen LogP contribution in [0, 0.1) is 6.92 Å². The monoisotopic (exact) mass is 299 g/mol. The molecule has 0 amide bonds. The standard InChI is InChI=1S/C17H21N3S/c1-3-4-15-14-9-18-10-16(14)20-17(19-15)11-21-13-7-5-12(2)6-8-13/h5-8,18H,3-4,9-11H2,1-2H3. The molecule has 110 valence electrons. The van der Waals surface area contributed by atoms with Gasteiger partial charge in [-0.25, -0.2) is 9.97 Å². The number of aryl methyl sites for hydroxylation is 2. The van der Waals surface area contributed by atoms with Crippen LogP contribution in [0.4, 0.5) is 0 Å². The smallest absolute Gasteiger partial charge is 0.139 e. The van der Waals surface area contributed by atoms with E-state index in [0.717, 1.165) is 37.5 Å². The zero-order valence-electron chi connectivity index (χ0n) is 12.6. The van der Waals surface area contributed by atoms with Gasteiger partial charge >= 0.3 is 0 Å².